The first-order valence-corrected chi connectivity index (χ1v) is 31.1. The molecule has 0 bridgehead atoms. The summed E-state index contributed by atoms with van der Waals surface area (Å²) in [6, 6.07) is 21.4. The van der Waals surface area contributed by atoms with Crippen molar-refractivity contribution < 1.29 is 28.6 Å². The van der Waals surface area contributed by atoms with Crippen LogP contribution in [0.2, 0.25) is 0 Å². The number of Topliss-reactive ketones (excluding diaryl/α,β-unsaturated/α-hetero) is 2. The van der Waals surface area contributed by atoms with Gasteiger partial charge in [0.25, 0.3) is 0 Å². The van der Waals surface area contributed by atoms with Crippen molar-refractivity contribution in [3.8, 4) is 43.4 Å². The second-order valence-corrected chi connectivity index (χ2v) is 26.3. The first-order valence-electron chi connectivity index (χ1n) is 27.8. The zero-order valence-electron chi connectivity index (χ0n) is 47.1. The Morgan fingerprint density at radius 2 is 1.09 bits per heavy atom. The van der Waals surface area contributed by atoms with E-state index in [-0.39, 0.29) is 30.0 Å². The summed E-state index contributed by atoms with van der Waals surface area (Å²) < 4.78 is 18.4. The molecule has 2 aromatic carbocycles. The molecule has 4 unspecified atom stereocenters. The highest BCUT2D eigenvalue weighted by molar-refractivity contribution is 7.22. The first kappa shape index (κ1) is 58.1. The van der Waals surface area contributed by atoms with E-state index in [4.69, 9.17) is 24.2 Å². The third kappa shape index (κ3) is 14.1. The quantitative estimate of drug-likeness (QED) is 0.0728. The van der Waals surface area contributed by atoms with Crippen LogP contribution in [0.3, 0.4) is 0 Å². The molecule has 0 spiro atoms. The maximum atomic E-state index is 13.3. The van der Waals surface area contributed by atoms with Gasteiger partial charge in [-0.05, 0) is 169 Å². The monoisotopic (exact) mass is 1140 g/mol. The fourth-order valence-corrected chi connectivity index (χ4v) is 16.0. The SMILES string of the molecule is COCCCCCC(=O)Cc1sc2c(c1-c1nc3ccc(-c4ccncc4)cc3s1)CC(C)N(C(=O)OC(C)(C)C)C2C.COCCCCCC(=O)Cc1sc2c(c1-c1nc3ccc(-c4ccncc4)cc3s1)CC(C)NC2C. The molecule has 79 heavy (non-hydrogen) atoms. The number of ketones is 2. The molecule has 0 radical (unpaired) electrons. The molecule has 12 nitrogen and oxygen atoms in total. The van der Waals surface area contributed by atoms with Gasteiger partial charge in [-0.15, -0.1) is 45.3 Å². The summed E-state index contributed by atoms with van der Waals surface area (Å²) >= 11 is 6.88. The third-order valence-electron chi connectivity index (χ3n) is 14.6. The number of rotatable bonds is 20. The van der Waals surface area contributed by atoms with Gasteiger partial charge in [0.1, 0.15) is 27.2 Å². The zero-order valence-corrected chi connectivity index (χ0v) is 50.4. The largest absolute Gasteiger partial charge is 0.444 e. The molecule has 0 fully saturated rings. The molecule has 8 aromatic rings. The number of ether oxygens (including phenoxy) is 3. The van der Waals surface area contributed by atoms with Crippen molar-refractivity contribution in [3.05, 3.63) is 116 Å². The summed E-state index contributed by atoms with van der Waals surface area (Å²) in [6.45, 7) is 15.8. The number of pyridine rings is 2. The van der Waals surface area contributed by atoms with E-state index < -0.39 is 5.60 Å². The van der Waals surface area contributed by atoms with Gasteiger partial charge in [-0.1, -0.05) is 25.0 Å². The van der Waals surface area contributed by atoms with E-state index in [9.17, 15) is 14.4 Å². The Hall–Kier alpha value is -5.59. The number of benzene rings is 2. The van der Waals surface area contributed by atoms with Gasteiger partial charge in [0.15, 0.2) is 0 Å². The fraction of sp³-hybridized carbons (Fsp3) is 0.444. The number of methoxy groups -OCH3 is 2. The Balaban J connectivity index is 0.000000195. The number of carbonyl (C=O) groups is 3. The summed E-state index contributed by atoms with van der Waals surface area (Å²) in [5, 5.41) is 5.66. The van der Waals surface area contributed by atoms with E-state index in [1.807, 2.05) is 73.7 Å². The van der Waals surface area contributed by atoms with Crippen LogP contribution in [0.1, 0.15) is 143 Å². The first-order chi connectivity index (χ1) is 38.1. The standard InChI is InChI=1S/C34H41N3O4S2.C29H33N3O2S2/c1-21-18-26-30(32-36-27-12-11-24(19-28(27)43-32)23-13-15-35-16-14-23)29(20-25(38)10-8-7-9-17-40-6)42-31(26)22(2)37(21)33(39)41-34(3,4)5;1-18-15-23-27(26(35-28(23)19(2)31-18)17-22(33)7-5-4-6-14-34-3)29-32-24-9-8-21(16-25(24)36-29)20-10-12-30-13-11-20/h11-16,19,21-22H,7-10,17-18,20H2,1-6H3;8-13,16,18-19,31H,4-7,14-15,17H2,1-3H3. The maximum Gasteiger partial charge on any atom is 0.411 e. The molecule has 10 rings (SSSR count). The lowest BCUT2D eigenvalue weighted by Gasteiger charge is -2.39. The summed E-state index contributed by atoms with van der Waals surface area (Å²) in [5.74, 6) is 0.560. The lowest BCUT2D eigenvalue weighted by Crippen LogP contribution is -2.46. The summed E-state index contributed by atoms with van der Waals surface area (Å²) in [7, 11) is 3.43. The molecule has 0 aliphatic carbocycles. The predicted octanol–water partition coefficient (Wildman–Crippen LogP) is 15.6. The second kappa shape index (κ2) is 26.3. The molecule has 416 valence electrons. The van der Waals surface area contributed by atoms with Crippen molar-refractivity contribution in [3.63, 3.8) is 0 Å². The van der Waals surface area contributed by atoms with E-state index >= 15 is 0 Å². The minimum absolute atomic E-state index is 0.0530. The number of nitrogens with one attached hydrogen (secondary N) is 1. The number of aromatic nitrogens is 4. The van der Waals surface area contributed by atoms with Crippen molar-refractivity contribution in [2.45, 2.75) is 155 Å². The van der Waals surface area contributed by atoms with Crippen LogP contribution in [0.5, 0.6) is 0 Å². The fourth-order valence-electron chi connectivity index (χ4n) is 10.9. The van der Waals surface area contributed by atoms with E-state index in [1.165, 1.54) is 36.7 Å². The Labute approximate surface area is 481 Å². The van der Waals surface area contributed by atoms with Gasteiger partial charge in [-0.25, -0.2) is 14.8 Å². The van der Waals surface area contributed by atoms with Gasteiger partial charge < -0.3 is 19.5 Å². The lowest BCUT2D eigenvalue weighted by atomic mass is 9.92. The average molecular weight is 1140 g/mol. The van der Waals surface area contributed by atoms with Crippen LogP contribution in [0.4, 0.5) is 4.79 Å². The van der Waals surface area contributed by atoms with E-state index in [2.05, 4.69) is 79.4 Å². The highest BCUT2D eigenvalue weighted by Gasteiger charge is 2.40. The van der Waals surface area contributed by atoms with Gasteiger partial charge >= 0.3 is 6.09 Å². The number of hydrogen-bond acceptors (Lipinski definition) is 15. The molecule has 4 atom stereocenters. The average Bonchev–Trinajstić information content (AvgIpc) is 4.43. The van der Waals surface area contributed by atoms with E-state index in [1.54, 1.807) is 60.6 Å². The van der Waals surface area contributed by atoms with Crippen LogP contribution in [0.25, 0.3) is 63.8 Å². The highest BCUT2D eigenvalue weighted by Crippen LogP contribution is 2.49. The highest BCUT2D eigenvalue weighted by atomic mass is 32.1. The molecule has 0 saturated carbocycles. The van der Waals surface area contributed by atoms with Crippen molar-refractivity contribution in [2.24, 2.45) is 0 Å². The molecular weight excluding hydrogens is 1060 g/mol. The Morgan fingerprint density at radius 1 is 0.608 bits per heavy atom. The molecule has 8 heterocycles. The normalized spacial score (nSPS) is 17.1. The molecular formula is C63H74N6O6S4. The molecule has 2 aliphatic heterocycles. The molecule has 6 aromatic heterocycles. The molecule has 2 aliphatic rings. The number of thiophene rings is 2. The topological polar surface area (TPSA) is 146 Å². The van der Waals surface area contributed by atoms with Gasteiger partial charge in [-0.3, -0.25) is 24.5 Å². The van der Waals surface area contributed by atoms with Gasteiger partial charge in [0.2, 0.25) is 0 Å². The van der Waals surface area contributed by atoms with Crippen molar-refractivity contribution in [1.82, 2.24) is 30.2 Å². The number of unbranched alkanes of at least 4 members (excludes halogenated alkanes) is 4. The summed E-state index contributed by atoms with van der Waals surface area (Å²) in [6.07, 6.45) is 16.4. The van der Waals surface area contributed by atoms with Crippen LogP contribution in [-0.2, 0) is 49.5 Å². The van der Waals surface area contributed by atoms with Crippen LogP contribution < -0.4 is 5.32 Å². The number of amides is 1. The molecule has 16 heteroatoms. The van der Waals surface area contributed by atoms with Gasteiger partial charge in [-0.2, -0.15) is 0 Å². The predicted molar refractivity (Wildman–Crippen MR) is 325 cm³/mol. The number of thiazole rings is 2. The van der Waals surface area contributed by atoms with Crippen LogP contribution in [-0.4, -0.2) is 87.6 Å². The minimum Gasteiger partial charge on any atom is -0.444 e. The van der Waals surface area contributed by atoms with Crippen LogP contribution >= 0.6 is 45.3 Å². The van der Waals surface area contributed by atoms with Crippen LogP contribution in [0, 0.1) is 0 Å². The van der Waals surface area contributed by atoms with Crippen LogP contribution in [0.15, 0.2) is 85.5 Å². The third-order valence-corrected chi connectivity index (χ3v) is 19.5. The number of carbonyl (C=O) groups excluding carboxylic acids is 3. The summed E-state index contributed by atoms with van der Waals surface area (Å²) in [5.41, 5.74) is 10.8. The Morgan fingerprint density at radius 3 is 1.57 bits per heavy atom. The minimum atomic E-state index is -0.575. The van der Waals surface area contributed by atoms with E-state index in [0.29, 0.717) is 43.9 Å². The summed E-state index contributed by atoms with van der Waals surface area (Å²) in [4.78, 5) is 64.6. The van der Waals surface area contributed by atoms with Crippen molar-refractivity contribution in [1.29, 1.82) is 0 Å². The van der Waals surface area contributed by atoms with E-state index in [0.717, 1.165) is 116 Å². The number of nitrogens with zero attached hydrogens (tertiary/aromatic N) is 5. The Kier molecular flexibility index (Phi) is 19.4. The second-order valence-electron chi connectivity index (χ2n) is 22.0. The smallest absolute Gasteiger partial charge is 0.411 e. The Bertz CT molecular complexity index is 3380. The van der Waals surface area contributed by atoms with Crippen molar-refractivity contribution >= 4 is 83.4 Å². The lowest BCUT2D eigenvalue weighted by molar-refractivity contribution is -0.119. The van der Waals surface area contributed by atoms with Crippen molar-refractivity contribution in [2.75, 3.05) is 27.4 Å². The number of hydrogen-bond donors (Lipinski definition) is 1. The number of fused-ring (bicyclic) bond motifs is 4. The van der Waals surface area contributed by atoms with Gasteiger partial charge in [0, 0.05) is 127 Å². The maximum absolute atomic E-state index is 13.3. The van der Waals surface area contributed by atoms with Gasteiger partial charge in [0.05, 0.1) is 26.5 Å². The zero-order chi connectivity index (χ0) is 55.8. The molecule has 0 saturated heterocycles. The molecule has 1 N–H and O–H groups in total. The molecule has 1 amide bonds.